The second-order valence-electron chi connectivity index (χ2n) is 9.84. The van der Waals surface area contributed by atoms with Gasteiger partial charge in [0.15, 0.2) is 0 Å². The molecule has 0 aromatic heterocycles. The summed E-state index contributed by atoms with van der Waals surface area (Å²) in [5.41, 5.74) is 4.12. The third-order valence-corrected chi connectivity index (χ3v) is 7.92. The van der Waals surface area contributed by atoms with E-state index in [1.54, 1.807) is 6.26 Å². The topological polar surface area (TPSA) is 53.1 Å². The highest BCUT2D eigenvalue weighted by Gasteiger charge is 2.25. The van der Waals surface area contributed by atoms with Gasteiger partial charge in [0, 0.05) is 38.5 Å². The number of likely N-dealkylation sites (tertiary alicyclic amines) is 1. The average Bonchev–Trinajstić information content (AvgIpc) is 2.75. The first kappa shape index (κ1) is 25.2. The van der Waals surface area contributed by atoms with Gasteiger partial charge >= 0.3 is 6.09 Å². The summed E-state index contributed by atoms with van der Waals surface area (Å²) in [6, 6.07) is 7.31. The van der Waals surface area contributed by atoms with E-state index in [-0.39, 0.29) is 12.2 Å². The fourth-order valence-corrected chi connectivity index (χ4v) is 5.65. The lowest BCUT2D eigenvalue weighted by Gasteiger charge is -2.32. The van der Waals surface area contributed by atoms with E-state index in [1.165, 1.54) is 29.5 Å². The molecule has 1 saturated heterocycles. The Morgan fingerprint density at radius 2 is 1.91 bits per heavy atom. The Labute approximate surface area is 196 Å². The summed E-state index contributed by atoms with van der Waals surface area (Å²) in [5.74, 6) is 0.699. The van der Waals surface area contributed by atoms with Crippen LogP contribution in [0.5, 0.6) is 0 Å². The van der Waals surface area contributed by atoms with E-state index in [1.807, 2.05) is 23.1 Å². The van der Waals surface area contributed by atoms with E-state index in [9.17, 15) is 9.00 Å². The minimum atomic E-state index is -0.899. The van der Waals surface area contributed by atoms with Crippen LogP contribution >= 0.6 is 0 Å². The number of nitrogens with zero attached hydrogens (tertiary/aromatic N) is 3. The first-order valence-electron chi connectivity index (χ1n) is 12.1. The van der Waals surface area contributed by atoms with Gasteiger partial charge in [-0.3, -0.25) is 0 Å². The molecule has 2 aliphatic rings. The number of hydrogen-bond acceptors (Lipinski definition) is 4. The summed E-state index contributed by atoms with van der Waals surface area (Å²) in [5, 5.41) is 0. The SMILES string of the molecule is CC(C)OC(=O)N1CCC(CCCC(c2ccc3c(c2)CCN(S(C)=O)C3)N(C)C)CC1. The molecule has 0 bridgehead atoms. The van der Waals surface area contributed by atoms with Crippen LogP contribution in [0.2, 0.25) is 0 Å². The van der Waals surface area contributed by atoms with Crippen LogP contribution in [0, 0.1) is 5.92 Å². The van der Waals surface area contributed by atoms with E-state index < -0.39 is 11.0 Å². The summed E-state index contributed by atoms with van der Waals surface area (Å²) in [6.07, 6.45) is 8.24. The maximum atomic E-state index is 12.1. The number of rotatable bonds is 8. The van der Waals surface area contributed by atoms with Crippen molar-refractivity contribution in [1.29, 1.82) is 0 Å². The van der Waals surface area contributed by atoms with Gasteiger partial charge in [-0.25, -0.2) is 13.3 Å². The van der Waals surface area contributed by atoms with E-state index in [2.05, 4.69) is 37.2 Å². The lowest BCUT2D eigenvalue weighted by Crippen LogP contribution is -2.39. The molecule has 0 aliphatic carbocycles. The molecule has 0 saturated carbocycles. The average molecular weight is 464 g/mol. The number of carbonyl (C=O) groups excluding carboxylic acids is 1. The van der Waals surface area contributed by atoms with Crippen molar-refractivity contribution in [3.05, 3.63) is 34.9 Å². The van der Waals surface area contributed by atoms with Crippen LogP contribution in [0.15, 0.2) is 18.2 Å². The molecule has 2 heterocycles. The lowest BCUT2D eigenvalue weighted by molar-refractivity contribution is 0.0644. The van der Waals surface area contributed by atoms with Gasteiger partial charge in [-0.15, -0.1) is 0 Å². The summed E-state index contributed by atoms with van der Waals surface area (Å²) in [7, 11) is 3.44. The summed E-state index contributed by atoms with van der Waals surface area (Å²) >= 11 is 0. The maximum absolute atomic E-state index is 12.1. The number of piperidine rings is 1. The monoisotopic (exact) mass is 463 g/mol. The normalized spacial score (nSPS) is 19.8. The van der Waals surface area contributed by atoms with Gasteiger partial charge in [0.1, 0.15) is 0 Å². The zero-order chi connectivity index (χ0) is 23.3. The number of hydrogen-bond donors (Lipinski definition) is 0. The van der Waals surface area contributed by atoms with Gasteiger partial charge < -0.3 is 14.5 Å². The quantitative estimate of drug-likeness (QED) is 0.575. The van der Waals surface area contributed by atoms with Crippen molar-refractivity contribution >= 4 is 17.1 Å². The van der Waals surface area contributed by atoms with Crippen molar-refractivity contribution in [3.8, 4) is 0 Å². The number of ether oxygens (including phenoxy) is 1. The zero-order valence-corrected chi connectivity index (χ0v) is 21.3. The summed E-state index contributed by atoms with van der Waals surface area (Å²) in [6.45, 7) is 7.09. The molecule has 1 aromatic carbocycles. The van der Waals surface area contributed by atoms with Crippen LogP contribution in [0.1, 0.15) is 68.7 Å². The molecular weight excluding hydrogens is 422 g/mol. The van der Waals surface area contributed by atoms with Crippen LogP contribution in [-0.2, 0) is 28.7 Å². The van der Waals surface area contributed by atoms with Crippen molar-refractivity contribution in [2.75, 3.05) is 40.0 Å². The summed E-state index contributed by atoms with van der Waals surface area (Å²) < 4.78 is 19.2. The van der Waals surface area contributed by atoms with E-state index in [0.717, 1.165) is 51.9 Å². The Kier molecular flexibility index (Phi) is 9.14. The number of amides is 1. The second-order valence-corrected chi connectivity index (χ2v) is 11.2. The largest absolute Gasteiger partial charge is 0.447 e. The van der Waals surface area contributed by atoms with Crippen LogP contribution in [-0.4, -0.2) is 70.5 Å². The van der Waals surface area contributed by atoms with Gasteiger partial charge in [0.2, 0.25) is 0 Å². The molecule has 7 heteroatoms. The predicted octanol–water partition coefficient (Wildman–Crippen LogP) is 4.37. The maximum Gasteiger partial charge on any atom is 0.410 e. The third-order valence-electron chi connectivity index (χ3n) is 6.88. The highest BCUT2D eigenvalue weighted by molar-refractivity contribution is 7.81. The molecule has 32 heavy (non-hydrogen) atoms. The molecule has 2 unspecified atom stereocenters. The van der Waals surface area contributed by atoms with Gasteiger partial charge in [0.25, 0.3) is 0 Å². The minimum absolute atomic E-state index is 0.0543. The molecule has 0 radical (unpaired) electrons. The number of fused-ring (bicyclic) bond motifs is 1. The first-order valence-corrected chi connectivity index (χ1v) is 13.6. The standard InChI is InChI=1S/C25H41N3O3S/c1-19(2)31-25(29)27-14-11-20(12-15-27)7-6-8-24(26(3)4)22-9-10-23-18-28(32(5)30)16-13-21(23)17-22/h9-10,17,19-20,24H,6-8,11-16,18H2,1-5H3. The highest BCUT2D eigenvalue weighted by Crippen LogP contribution is 2.31. The van der Waals surface area contributed by atoms with Crippen molar-refractivity contribution in [2.24, 2.45) is 5.92 Å². The van der Waals surface area contributed by atoms with Crippen LogP contribution in [0.3, 0.4) is 0 Å². The molecular formula is C25H41N3O3S. The molecule has 2 aliphatic heterocycles. The Balaban J connectivity index is 1.50. The van der Waals surface area contributed by atoms with Crippen molar-refractivity contribution in [2.45, 2.75) is 71.1 Å². The Morgan fingerprint density at radius 3 is 2.53 bits per heavy atom. The lowest BCUT2D eigenvalue weighted by atomic mass is 9.89. The Bertz CT molecular complexity index is 791. The smallest absolute Gasteiger partial charge is 0.410 e. The third kappa shape index (κ3) is 6.78. The van der Waals surface area contributed by atoms with Crippen LogP contribution < -0.4 is 0 Å². The van der Waals surface area contributed by atoms with E-state index >= 15 is 0 Å². The molecule has 0 spiro atoms. The summed E-state index contributed by atoms with van der Waals surface area (Å²) in [4.78, 5) is 16.3. The van der Waals surface area contributed by atoms with E-state index in [4.69, 9.17) is 4.74 Å². The van der Waals surface area contributed by atoms with Crippen LogP contribution in [0.25, 0.3) is 0 Å². The first-order chi connectivity index (χ1) is 15.2. The molecule has 1 aromatic rings. The van der Waals surface area contributed by atoms with Crippen molar-refractivity contribution in [3.63, 3.8) is 0 Å². The minimum Gasteiger partial charge on any atom is -0.447 e. The molecule has 2 atom stereocenters. The van der Waals surface area contributed by atoms with Gasteiger partial charge in [0.05, 0.1) is 17.1 Å². The molecule has 1 fully saturated rings. The molecule has 6 nitrogen and oxygen atoms in total. The van der Waals surface area contributed by atoms with Crippen molar-refractivity contribution < 1.29 is 13.7 Å². The van der Waals surface area contributed by atoms with Gasteiger partial charge in [-0.2, -0.15) is 0 Å². The highest BCUT2D eigenvalue weighted by atomic mass is 32.2. The zero-order valence-electron chi connectivity index (χ0n) is 20.5. The van der Waals surface area contributed by atoms with Gasteiger partial charge in [-0.1, -0.05) is 31.0 Å². The molecule has 1 amide bonds. The van der Waals surface area contributed by atoms with Crippen LogP contribution in [0.4, 0.5) is 4.79 Å². The molecule has 180 valence electrons. The predicted molar refractivity (Wildman–Crippen MR) is 131 cm³/mol. The Hall–Kier alpha value is -1.44. The second kappa shape index (κ2) is 11.6. The number of carbonyl (C=O) groups is 1. The van der Waals surface area contributed by atoms with E-state index in [0.29, 0.717) is 12.0 Å². The molecule has 0 N–H and O–H groups in total. The van der Waals surface area contributed by atoms with Crippen molar-refractivity contribution in [1.82, 2.24) is 14.1 Å². The fraction of sp³-hybridized carbons (Fsp3) is 0.720. The number of benzene rings is 1. The molecule has 3 rings (SSSR count). The Morgan fingerprint density at radius 1 is 1.19 bits per heavy atom. The fourth-order valence-electron chi connectivity index (χ4n) is 4.98. The van der Waals surface area contributed by atoms with Gasteiger partial charge in [-0.05, 0) is 76.2 Å².